The molecule has 0 spiro atoms. The topological polar surface area (TPSA) is 105 Å². The van der Waals surface area contributed by atoms with Crippen LogP contribution in [0.3, 0.4) is 0 Å². The number of Topliss-reactive ketones (excluding diaryl/α,β-unsaturated/α-hetero) is 2. The second-order valence-electron chi connectivity index (χ2n) is 44.0. The minimum atomic E-state index is -0.0625. The van der Waals surface area contributed by atoms with Gasteiger partial charge >= 0.3 is 20.1 Å². The first-order valence-electron chi connectivity index (χ1n) is 45.1. The molecule has 6 aromatic heterocycles. The Hall–Kier alpha value is -12.0. The third kappa shape index (κ3) is 15.5. The van der Waals surface area contributed by atoms with Crippen molar-refractivity contribution in [3.8, 4) is 22.7 Å². The van der Waals surface area contributed by atoms with E-state index in [-0.39, 0.29) is 81.4 Å². The molecule has 0 amide bonds. The Morgan fingerprint density at radius 2 is 0.438 bits per heavy atom. The van der Waals surface area contributed by atoms with Crippen molar-refractivity contribution in [2.24, 2.45) is 0 Å². The van der Waals surface area contributed by atoms with E-state index in [1.807, 2.05) is 24.8 Å². The average molecular weight is 1860 g/mol. The summed E-state index contributed by atoms with van der Waals surface area (Å²) in [7, 11) is 0. The fourth-order valence-electron chi connectivity index (χ4n) is 18.9. The van der Waals surface area contributed by atoms with Gasteiger partial charge < -0.3 is 28.2 Å². The van der Waals surface area contributed by atoms with Gasteiger partial charge in [0.1, 0.15) is 11.6 Å². The zero-order valence-electron chi connectivity index (χ0n) is 79.4. The minimum Gasteiger partial charge on any atom is -0.327 e. The van der Waals surface area contributed by atoms with Gasteiger partial charge in [-0.15, -0.1) is 47.2 Å². The molecule has 0 N–H and O–H groups in total. The summed E-state index contributed by atoms with van der Waals surface area (Å²) >= 11 is 0. The summed E-state index contributed by atoms with van der Waals surface area (Å²) in [6, 6.07) is 86.7. The Morgan fingerprint density at radius 3 is 0.641 bits per heavy atom. The van der Waals surface area contributed by atoms with Crippen LogP contribution in [-0.4, -0.2) is 49.8 Å². The SMILES string of the molecule is CC(=O)CC(C)=O.CC(C)(C)c1ccc2c(c1)c1cc(C(C)(C)C)ccc1n2-c1[c-]c2c(cc1)c1ccc(-n3c4ccc(C(C)(C)C)cc4c4cc(C(C)(C)C)ccc43)cc1c1nccnc21.CC(C)(C)c1ccc2c(c1)c1cc(C(C)(C)C)ccc1n2-c1[c-]c2c(cc1)c1ccc(-n3c4ccc(C(C)(C)C)cc4c4cc(C(C)(C)C)ccc43)cc1c1nccnc21.[Ir+3]. The third-order valence-corrected chi connectivity index (χ3v) is 26.3. The maximum absolute atomic E-state index is 10.0. The molecule has 646 valence electrons. The predicted molar refractivity (Wildman–Crippen MR) is 540 cm³/mol. The van der Waals surface area contributed by atoms with Gasteiger partial charge in [-0.2, -0.15) is 0 Å². The Balaban J connectivity index is 0.000000166. The monoisotopic (exact) mass is 1860 g/mol. The molecule has 0 bridgehead atoms. The van der Waals surface area contributed by atoms with Crippen LogP contribution in [0.2, 0.25) is 0 Å². The molecule has 0 aliphatic carbocycles. The molecule has 0 saturated heterocycles. The molecule has 0 saturated carbocycles. The van der Waals surface area contributed by atoms with Crippen molar-refractivity contribution in [3.63, 3.8) is 0 Å². The number of benzene rings is 14. The number of ketones is 2. The van der Waals surface area contributed by atoms with E-state index in [1.54, 1.807) is 0 Å². The van der Waals surface area contributed by atoms with Crippen molar-refractivity contribution in [1.29, 1.82) is 0 Å². The Kier molecular flexibility index (Phi) is 21.4. The van der Waals surface area contributed by atoms with Crippen LogP contribution < -0.4 is 0 Å². The molecule has 20 rings (SSSR count). The van der Waals surface area contributed by atoms with Gasteiger partial charge in [0.05, 0.1) is 61.6 Å². The van der Waals surface area contributed by atoms with Gasteiger partial charge in [0.2, 0.25) is 0 Å². The number of nitrogens with zero attached hydrogens (tertiary/aromatic N) is 8. The van der Waals surface area contributed by atoms with Gasteiger partial charge in [0.25, 0.3) is 0 Å². The Bertz CT molecular complexity index is 6750. The van der Waals surface area contributed by atoms with Gasteiger partial charge in [-0.25, -0.2) is 0 Å². The summed E-state index contributed by atoms with van der Waals surface area (Å²) in [4.78, 5) is 40.2. The molecule has 0 atom stereocenters. The molecule has 128 heavy (non-hydrogen) atoms. The van der Waals surface area contributed by atoms with Crippen molar-refractivity contribution < 1.29 is 29.7 Å². The number of carbonyl (C=O) groups excluding carboxylic acids is 2. The number of hydrogen-bond acceptors (Lipinski definition) is 6. The minimum absolute atomic E-state index is 0. The Labute approximate surface area is 766 Å². The number of rotatable bonds is 6. The molecule has 0 fully saturated rings. The van der Waals surface area contributed by atoms with Crippen LogP contribution in [0.5, 0.6) is 0 Å². The molecule has 0 aliphatic heterocycles. The number of carbonyl (C=O) groups is 2. The fraction of sp³-hybridized carbons (Fsp3) is 0.299. The largest absolute Gasteiger partial charge is 3.00 e. The van der Waals surface area contributed by atoms with Gasteiger partial charge in [0.15, 0.2) is 0 Å². The standard InChI is InChI=1S/2C56H55N4.C5H8O2.Ir/c2*1-53(2,3)33-13-21-47-41(27-33)42-28-34(54(4,5)6)14-22-48(42)59(47)37-17-19-39-40-20-18-38(32-46(40)52-51(45(39)31-37)57-25-26-58-52)60-49-23-15-35(55(7,8)9)29-43(49)44-30-36(56(10,11)12)16-24-50(44)60;1-4(6)3-5(2)7;/h2*13-31H,1-12H3;3H2,1-2H3;/q2*-1;;+3. The maximum atomic E-state index is 10.0. The van der Waals surface area contributed by atoms with Crippen LogP contribution in [0.4, 0.5) is 0 Å². The molecule has 11 heteroatoms. The summed E-state index contributed by atoms with van der Waals surface area (Å²) in [6.07, 6.45) is 7.35. The summed E-state index contributed by atoms with van der Waals surface area (Å²) < 4.78 is 9.64. The molecule has 0 unspecified atom stereocenters. The van der Waals surface area contributed by atoms with Gasteiger partial charge in [-0.1, -0.05) is 248 Å². The van der Waals surface area contributed by atoms with E-state index in [0.29, 0.717) is 0 Å². The normalized spacial score (nSPS) is 13.0. The molecular formula is C117H118IrN8O2+. The third-order valence-electron chi connectivity index (χ3n) is 26.3. The number of hydrogen-bond donors (Lipinski definition) is 0. The van der Waals surface area contributed by atoms with Crippen LogP contribution in [0.15, 0.2) is 231 Å². The molecule has 20 aromatic rings. The summed E-state index contributed by atoms with van der Waals surface area (Å²) in [5, 5.41) is 18.8. The maximum Gasteiger partial charge on any atom is 3.00 e. The van der Waals surface area contributed by atoms with E-state index in [0.717, 1.165) is 87.9 Å². The molecule has 14 aromatic carbocycles. The van der Waals surface area contributed by atoms with Gasteiger partial charge in [0, 0.05) is 90.3 Å². The summed E-state index contributed by atoms with van der Waals surface area (Å²) in [5.74, 6) is -0.125. The first-order valence-corrected chi connectivity index (χ1v) is 45.1. The number of fused-ring (bicyclic) bond motifs is 24. The number of aromatic nitrogens is 8. The van der Waals surface area contributed by atoms with E-state index in [2.05, 4.69) is 403 Å². The van der Waals surface area contributed by atoms with Crippen molar-refractivity contribution in [2.45, 2.75) is 230 Å². The van der Waals surface area contributed by atoms with Crippen molar-refractivity contribution in [1.82, 2.24) is 38.2 Å². The van der Waals surface area contributed by atoms with Crippen molar-refractivity contribution in [2.75, 3.05) is 0 Å². The second-order valence-corrected chi connectivity index (χ2v) is 44.0. The van der Waals surface area contributed by atoms with Gasteiger partial charge in [-0.3, -0.25) is 19.6 Å². The van der Waals surface area contributed by atoms with Crippen LogP contribution in [0.25, 0.3) is 175 Å². The zero-order chi connectivity index (χ0) is 90.4. The van der Waals surface area contributed by atoms with Crippen LogP contribution in [0.1, 0.15) is 231 Å². The van der Waals surface area contributed by atoms with E-state index in [4.69, 9.17) is 19.9 Å². The summed E-state index contributed by atoms with van der Waals surface area (Å²) in [6.45, 7) is 57.8. The van der Waals surface area contributed by atoms with Crippen LogP contribution in [0, 0.1) is 12.1 Å². The second kappa shape index (κ2) is 31.2. The Morgan fingerprint density at radius 1 is 0.234 bits per heavy atom. The van der Waals surface area contributed by atoms with E-state index < -0.39 is 0 Å². The first-order chi connectivity index (χ1) is 59.7. The predicted octanol–water partition coefficient (Wildman–Crippen LogP) is 30.8. The quantitative estimate of drug-likeness (QED) is 0.0933. The molecular weight excluding hydrogens is 1740 g/mol. The van der Waals surface area contributed by atoms with Crippen LogP contribution in [-0.2, 0) is 73.0 Å². The van der Waals surface area contributed by atoms with Crippen molar-refractivity contribution in [3.05, 3.63) is 288 Å². The van der Waals surface area contributed by atoms with Gasteiger partial charge in [-0.05, 0) is 245 Å². The first kappa shape index (κ1) is 88.0. The van der Waals surface area contributed by atoms with Crippen molar-refractivity contribution >= 4 is 164 Å². The van der Waals surface area contributed by atoms with E-state index >= 15 is 0 Å². The van der Waals surface area contributed by atoms with E-state index in [1.165, 1.54) is 146 Å². The summed E-state index contributed by atoms with van der Waals surface area (Å²) in [5.41, 5.74) is 28.1. The molecule has 6 heterocycles. The van der Waals surface area contributed by atoms with E-state index in [9.17, 15) is 9.59 Å². The average Bonchev–Trinajstić information content (AvgIpc) is 1.43. The molecule has 0 radical (unpaired) electrons. The molecule has 0 aliphatic rings. The smallest absolute Gasteiger partial charge is 0.327 e. The molecule has 10 nitrogen and oxygen atoms in total. The van der Waals surface area contributed by atoms with Crippen LogP contribution >= 0.6 is 0 Å². The fourth-order valence-corrected chi connectivity index (χ4v) is 18.9. The zero-order valence-corrected chi connectivity index (χ0v) is 81.8.